The fourth-order valence-corrected chi connectivity index (χ4v) is 3.85. The topological polar surface area (TPSA) is 90.9 Å². The van der Waals surface area contributed by atoms with Crippen LogP contribution in [0.15, 0.2) is 78.9 Å². The Hall–Kier alpha value is -3.81. The zero-order valence-electron chi connectivity index (χ0n) is 18.0. The van der Waals surface area contributed by atoms with Crippen LogP contribution in [0.2, 0.25) is 10.0 Å². The number of aromatic nitrogens is 4. The molecule has 0 radical (unpaired) electrons. The molecule has 0 unspecified atom stereocenters. The van der Waals surface area contributed by atoms with Crippen molar-refractivity contribution in [2.24, 2.45) is 0 Å². The highest BCUT2D eigenvalue weighted by Crippen LogP contribution is 2.33. The third-order valence-electron chi connectivity index (χ3n) is 5.16. The van der Waals surface area contributed by atoms with Gasteiger partial charge in [0.2, 0.25) is 5.95 Å². The van der Waals surface area contributed by atoms with E-state index in [2.05, 4.69) is 15.4 Å². The Kier molecular flexibility index (Phi) is 6.20. The molecule has 170 valence electrons. The summed E-state index contributed by atoms with van der Waals surface area (Å²) in [6, 6.07) is 24.6. The summed E-state index contributed by atoms with van der Waals surface area (Å²) in [5.41, 5.74) is 9.26. The van der Waals surface area contributed by atoms with E-state index >= 15 is 0 Å². The predicted octanol–water partition coefficient (Wildman–Crippen LogP) is 5.86. The van der Waals surface area contributed by atoms with Crippen LogP contribution in [0.3, 0.4) is 0 Å². The number of anilines is 2. The smallest absolute Gasteiger partial charge is 0.225 e. The van der Waals surface area contributed by atoms with Crippen LogP contribution >= 0.6 is 23.2 Å². The number of nitrogens with zero attached hydrogens (tertiary/aromatic N) is 4. The average Bonchev–Trinajstić information content (AvgIpc) is 3.20. The van der Waals surface area contributed by atoms with Crippen LogP contribution in [0.25, 0.3) is 28.0 Å². The highest BCUT2D eigenvalue weighted by atomic mass is 35.5. The third-order valence-corrected chi connectivity index (χ3v) is 5.90. The van der Waals surface area contributed by atoms with Crippen molar-refractivity contribution in [2.75, 3.05) is 24.2 Å². The summed E-state index contributed by atoms with van der Waals surface area (Å²) in [7, 11) is 0. The Balaban J connectivity index is 1.51. The van der Waals surface area contributed by atoms with Gasteiger partial charge >= 0.3 is 0 Å². The number of hydrogen-bond acceptors (Lipinski definition) is 6. The van der Waals surface area contributed by atoms with Gasteiger partial charge in [0.15, 0.2) is 5.65 Å². The summed E-state index contributed by atoms with van der Waals surface area (Å²) in [5, 5.41) is 9.39. The first-order valence-electron chi connectivity index (χ1n) is 10.6. The van der Waals surface area contributed by atoms with E-state index in [0.717, 1.165) is 11.3 Å². The predicted molar refractivity (Wildman–Crippen MR) is 137 cm³/mol. The van der Waals surface area contributed by atoms with Crippen LogP contribution in [0.4, 0.5) is 11.8 Å². The molecule has 0 fully saturated rings. The van der Waals surface area contributed by atoms with Crippen LogP contribution in [0.1, 0.15) is 0 Å². The number of nitrogens with two attached hydrogens (primary N) is 1. The van der Waals surface area contributed by atoms with Crippen molar-refractivity contribution in [3.05, 3.63) is 88.9 Å². The SMILES string of the molecule is Nc1c2c(-c3ccccc3)nc(NCCOc3ccccc3)nc2nn1-c1ccc(Cl)c(Cl)c1. The lowest BCUT2D eigenvalue weighted by atomic mass is 10.1. The van der Waals surface area contributed by atoms with E-state index < -0.39 is 0 Å². The number of nitrogens with one attached hydrogen (secondary N) is 1. The lowest BCUT2D eigenvalue weighted by Gasteiger charge is -2.09. The molecule has 3 N–H and O–H groups in total. The van der Waals surface area contributed by atoms with E-state index in [0.29, 0.717) is 57.4 Å². The molecule has 7 nitrogen and oxygen atoms in total. The molecule has 0 amide bonds. The quantitative estimate of drug-likeness (QED) is 0.277. The van der Waals surface area contributed by atoms with E-state index in [1.54, 1.807) is 22.9 Å². The van der Waals surface area contributed by atoms with Crippen molar-refractivity contribution in [2.45, 2.75) is 0 Å². The Labute approximate surface area is 206 Å². The van der Waals surface area contributed by atoms with Gasteiger partial charge in [0, 0.05) is 5.56 Å². The second-order valence-corrected chi connectivity index (χ2v) is 8.26. The molecule has 2 heterocycles. The molecule has 0 spiro atoms. The fourth-order valence-electron chi connectivity index (χ4n) is 3.56. The first-order valence-corrected chi connectivity index (χ1v) is 11.3. The van der Waals surface area contributed by atoms with Crippen LogP contribution < -0.4 is 15.8 Å². The molecule has 0 atom stereocenters. The minimum absolute atomic E-state index is 0.409. The zero-order valence-corrected chi connectivity index (χ0v) is 19.5. The molecule has 9 heteroatoms. The maximum Gasteiger partial charge on any atom is 0.225 e. The number of rotatable bonds is 7. The molecule has 0 saturated heterocycles. The monoisotopic (exact) mass is 490 g/mol. The van der Waals surface area contributed by atoms with E-state index in [-0.39, 0.29) is 0 Å². The zero-order chi connectivity index (χ0) is 23.5. The first-order chi connectivity index (χ1) is 16.6. The Morgan fingerprint density at radius 3 is 2.35 bits per heavy atom. The molecule has 3 aromatic carbocycles. The van der Waals surface area contributed by atoms with Crippen molar-refractivity contribution in [1.82, 2.24) is 19.7 Å². The van der Waals surface area contributed by atoms with Gasteiger partial charge in [0.05, 0.1) is 33.4 Å². The Bertz CT molecular complexity index is 1440. The molecule has 2 aromatic heterocycles. The minimum Gasteiger partial charge on any atom is -0.492 e. The molecule has 5 rings (SSSR count). The van der Waals surface area contributed by atoms with Gasteiger partial charge in [0.25, 0.3) is 0 Å². The normalized spacial score (nSPS) is 11.0. The van der Waals surface area contributed by atoms with Crippen LogP contribution in [-0.2, 0) is 0 Å². The van der Waals surface area contributed by atoms with E-state index in [9.17, 15) is 0 Å². The highest BCUT2D eigenvalue weighted by molar-refractivity contribution is 6.42. The van der Waals surface area contributed by atoms with Gasteiger partial charge in [-0.05, 0) is 30.3 Å². The Morgan fingerprint density at radius 2 is 1.62 bits per heavy atom. The molecule has 0 aliphatic heterocycles. The number of para-hydroxylation sites is 1. The van der Waals surface area contributed by atoms with Gasteiger partial charge in [-0.25, -0.2) is 9.67 Å². The fraction of sp³-hybridized carbons (Fsp3) is 0.0800. The lowest BCUT2D eigenvalue weighted by molar-refractivity contribution is 0.332. The van der Waals surface area contributed by atoms with Crippen molar-refractivity contribution >= 4 is 46.0 Å². The van der Waals surface area contributed by atoms with Gasteiger partial charge < -0.3 is 15.8 Å². The van der Waals surface area contributed by atoms with Crippen molar-refractivity contribution in [3.63, 3.8) is 0 Å². The third kappa shape index (κ3) is 4.48. The molecular weight excluding hydrogens is 471 g/mol. The van der Waals surface area contributed by atoms with Gasteiger partial charge in [-0.15, -0.1) is 5.10 Å². The second-order valence-electron chi connectivity index (χ2n) is 7.44. The van der Waals surface area contributed by atoms with Crippen molar-refractivity contribution in [3.8, 4) is 22.7 Å². The number of hydrogen-bond donors (Lipinski definition) is 2. The van der Waals surface area contributed by atoms with Crippen LogP contribution in [-0.4, -0.2) is 32.9 Å². The molecule has 0 bridgehead atoms. The molecule has 0 aliphatic rings. The number of halogens is 2. The van der Waals surface area contributed by atoms with E-state index in [4.69, 9.17) is 38.7 Å². The van der Waals surface area contributed by atoms with Crippen LogP contribution in [0.5, 0.6) is 5.75 Å². The summed E-state index contributed by atoms with van der Waals surface area (Å²) in [4.78, 5) is 9.36. The van der Waals surface area contributed by atoms with Gasteiger partial charge in [-0.1, -0.05) is 71.7 Å². The van der Waals surface area contributed by atoms with Crippen molar-refractivity contribution in [1.29, 1.82) is 0 Å². The standard InChI is InChI=1S/C25H20Cl2N6O/c26-19-12-11-17(15-20(19)27)33-23(28)21-22(16-7-3-1-4-8-16)30-25(31-24(21)32-33)29-13-14-34-18-9-5-2-6-10-18/h1-12,15H,13-14,28H2,(H,29,31,32). The average molecular weight is 491 g/mol. The van der Waals surface area contributed by atoms with Gasteiger partial charge in [-0.3, -0.25) is 0 Å². The molecule has 0 saturated carbocycles. The number of nitrogen functional groups attached to an aromatic ring is 1. The summed E-state index contributed by atoms with van der Waals surface area (Å²) in [6.45, 7) is 0.962. The number of benzene rings is 3. The Morgan fingerprint density at radius 1 is 0.882 bits per heavy atom. The largest absolute Gasteiger partial charge is 0.492 e. The summed E-state index contributed by atoms with van der Waals surface area (Å²) in [5.74, 6) is 1.65. The number of fused-ring (bicyclic) bond motifs is 1. The van der Waals surface area contributed by atoms with Crippen molar-refractivity contribution < 1.29 is 4.74 Å². The molecular formula is C25H20Cl2N6O. The van der Waals surface area contributed by atoms with E-state index in [1.807, 2.05) is 60.7 Å². The summed E-state index contributed by atoms with van der Waals surface area (Å²) in [6.07, 6.45) is 0. The minimum atomic E-state index is 0.409. The molecule has 34 heavy (non-hydrogen) atoms. The highest BCUT2D eigenvalue weighted by Gasteiger charge is 2.19. The molecule has 0 aliphatic carbocycles. The maximum atomic E-state index is 6.54. The summed E-state index contributed by atoms with van der Waals surface area (Å²) < 4.78 is 7.34. The lowest BCUT2D eigenvalue weighted by Crippen LogP contribution is -2.13. The first kappa shape index (κ1) is 22.0. The second kappa shape index (κ2) is 9.59. The van der Waals surface area contributed by atoms with Gasteiger partial charge in [0.1, 0.15) is 18.2 Å². The summed E-state index contributed by atoms with van der Waals surface area (Å²) >= 11 is 12.3. The van der Waals surface area contributed by atoms with E-state index in [1.165, 1.54) is 0 Å². The molecule has 5 aromatic rings. The number of ether oxygens (including phenoxy) is 1. The maximum absolute atomic E-state index is 6.54. The van der Waals surface area contributed by atoms with Gasteiger partial charge in [-0.2, -0.15) is 4.98 Å². The van der Waals surface area contributed by atoms with Crippen LogP contribution in [0, 0.1) is 0 Å².